The fourth-order valence-electron chi connectivity index (χ4n) is 3.67. The Morgan fingerprint density at radius 2 is 1.00 bits per heavy atom. The molecule has 0 unspecified atom stereocenters. The topological polar surface area (TPSA) is 0 Å². The van der Waals surface area contributed by atoms with Gasteiger partial charge in [0.05, 0.1) is 0 Å². The maximum atomic E-state index is 4.31. The van der Waals surface area contributed by atoms with Crippen LogP contribution in [0, 0.1) is 13.8 Å². The highest BCUT2D eigenvalue weighted by atomic mass is 14.0. The molecular weight excluding hydrogens is 312 g/mol. The summed E-state index contributed by atoms with van der Waals surface area (Å²) in [5.74, 6) is 0. The number of hydrogen-bond donors (Lipinski definition) is 0. The SMILES string of the molecule is C=c1c(C)c2ccccc2c/c1=C/C=c1/cc2ccccc2c(C)c1=C. The summed E-state index contributed by atoms with van der Waals surface area (Å²) in [5, 5.41) is 9.54. The van der Waals surface area contributed by atoms with Gasteiger partial charge in [-0.1, -0.05) is 73.8 Å². The van der Waals surface area contributed by atoms with E-state index >= 15 is 0 Å². The van der Waals surface area contributed by atoms with Crippen molar-refractivity contribution in [2.75, 3.05) is 0 Å². The van der Waals surface area contributed by atoms with Gasteiger partial charge in [0.25, 0.3) is 0 Å². The van der Waals surface area contributed by atoms with Crippen molar-refractivity contribution in [1.29, 1.82) is 0 Å². The Kier molecular flexibility index (Phi) is 3.97. The van der Waals surface area contributed by atoms with E-state index in [0.29, 0.717) is 0 Å². The standard InChI is InChI=1S/C26H22/c1-17-19(3)25-11-7-5-9-23(25)15-21(17)13-14-22-16-24-10-6-8-12-26(24)20(4)18(22)2/h5-16H,1-2H2,3-4H3/b21-13-,22-14-. The van der Waals surface area contributed by atoms with E-state index in [1.807, 2.05) is 0 Å². The maximum Gasteiger partial charge on any atom is -0.0149 e. The lowest BCUT2D eigenvalue weighted by atomic mass is 10.0. The van der Waals surface area contributed by atoms with Crippen LogP contribution in [0.15, 0.2) is 60.7 Å². The minimum Gasteiger partial charge on any atom is -0.0909 e. The first-order valence-corrected chi connectivity index (χ1v) is 8.93. The second-order valence-corrected chi connectivity index (χ2v) is 6.91. The lowest BCUT2D eigenvalue weighted by molar-refractivity contribution is 1.42. The zero-order valence-corrected chi connectivity index (χ0v) is 15.3. The third-order valence-corrected chi connectivity index (χ3v) is 5.40. The van der Waals surface area contributed by atoms with Crippen molar-refractivity contribution in [3.05, 3.63) is 92.7 Å². The van der Waals surface area contributed by atoms with E-state index in [4.69, 9.17) is 0 Å². The van der Waals surface area contributed by atoms with Crippen LogP contribution in [0.25, 0.3) is 46.9 Å². The lowest BCUT2D eigenvalue weighted by Gasteiger charge is -2.04. The maximum absolute atomic E-state index is 4.31. The molecule has 0 aliphatic carbocycles. The Morgan fingerprint density at radius 3 is 1.42 bits per heavy atom. The second-order valence-electron chi connectivity index (χ2n) is 6.91. The molecule has 0 heterocycles. The molecular formula is C26H22. The Hall–Kier alpha value is -3.12. The minimum atomic E-state index is 1.09. The predicted molar refractivity (Wildman–Crippen MR) is 116 cm³/mol. The summed E-state index contributed by atoms with van der Waals surface area (Å²) >= 11 is 0. The molecule has 0 saturated heterocycles. The molecule has 0 atom stereocenters. The Labute approximate surface area is 153 Å². The summed E-state index contributed by atoms with van der Waals surface area (Å²) in [6, 6.07) is 21.4. The van der Waals surface area contributed by atoms with Crippen molar-refractivity contribution in [2.45, 2.75) is 13.8 Å². The summed E-state index contributed by atoms with van der Waals surface area (Å²) < 4.78 is 0. The van der Waals surface area contributed by atoms with Crippen LogP contribution in [-0.2, 0) is 0 Å². The van der Waals surface area contributed by atoms with Crippen LogP contribution in [-0.4, -0.2) is 0 Å². The Balaban J connectivity index is 2.02. The zero-order valence-electron chi connectivity index (χ0n) is 15.3. The van der Waals surface area contributed by atoms with Gasteiger partial charge < -0.3 is 0 Å². The number of benzene rings is 4. The molecule has 0 aliphatic rings. The third-order valence-electron chi connectivity index (χ3n) is 5.40. The average molecular weight is 334 g/mol. The van der Waals surface area contributed by atoms with E-state index in [-0.39, 0.29) is 0 Å². The fraction of sp³-hybridized carbons (Fsp3) is 0.0769. The molecule has 0 fully saturated rings. The first kappa shape index (κ1) is 16.4. The van der Waals surface area contributed by atoms with Gasteiger partial charge in [-0.2, -0.15) is 0 Å². The van der Waals surface area contributed by atoms with Crippen molar-refractivity contribution >= 4 is 46.9 Å². The monoisotopic (exact) mass is 334 g/mol. The highest BCUT2D eigenvalue weighted by molar-refractivity contribution is 5.88. The molecule has 0 spiro atoms. The number of hydrogen-bond acceptors (Lipinski definition) is 0. The van der Waals surface area contributed by atoms with Gasteiger partial charge in [0.15, 0.2) is 0 Å². The smallest absolute Gasteiger partial charge is 0.0149 e. The molecule has 4 aromatic carbocycles. The van der Waals surface area contributed by atoms with Gasteiger partial charge in [-0.3, -0.25) is 0 Å². The van der Waals surface area contributed by atoms with Gasteiger partial charge in [-0.15, -0.1) is 0 Å². The van der Waals surface area contributed by atoms with E-state index in [9.17, 15) is 0 Å². The molecule has 0 aromatic heterocycles. The molecule has 4 aromatic rings. The van der Waals surface area contributed by atoms with Crippen molar-refractivity contribution in [3.8, 4) is 0 Å². The van der Waals surface area contributed by atoms with Crippen molar-refractivity contribution < 1.29 is 0 Å². The molecule has 0 bridgehead atoms. The lowest BCUT2D eigenvalue weighted by Crippen LogP contribution is -2.28. The van der Waals surface area contributed by atoms with Gasteiger partial charge in [-0.25, -0.2) is 0 Å². The van der Waals surface area contributed by atoms with Crippen molar-refractivity contribution in [2.24, 2.45) is 0 Å². The summed E-state index contributed by atoms with van der Waals surface area (Å²) in [6.45, 7) is 12.9. The summed E-state index contributed by atoms with van der Waals surface area (Å²) in [5.41, 5.74) is 2.49. The van der Waals surface area contributed by atoms with E-state index in [2.05, 4.69) is 99.8 Å². The first-order valence-electron chi connectivity index (χ1n) is 8.93. The van der Waals surface area contributed by atoms with Crippen LogP contribution in [0.5, 0.6) is 0 Å². The molecule has 0 amide bonds. The van der Waals surface area contributed by atoms with Crippen LogP contribution in [0.1, 0.15) is 11.1 Å². The van der Waals surface area contributed by atoms with Gasteiger partial charge in [0.2, 0.25) is 0 Å². The predicted octanol–water partition coefficient (Wildman–Crippen LogP) is 3.69. The molecule has 0 radical (unpaired) electrons. The van der Waals surface area contributed by atoms with Gasteiger partial charge >= 0.3 is 0 Å². The normalized spacial score (nSPS) is 13.0. The number of aryl methyl sites for hydroxylation is 2. The molecule has 26 heavy (non-hydrogen) atoms. The summed E-state index contributed by atoms with van der Waals surface area (Å²) in [6.07, 6.45) is 4.33. The summed E-state index contributed by atoms with van der Waals surface area (Å²) in [4.78, 5) is 0. The molecule has 0 nitrogen and oxygen atoms in total. The zero-order chi connectivity index (χ0) is 18.3. The van der Waals surface area contributed by atoms with E-state index in [1.54, 1.807) is 0 Å². The van der Waals surface area contributed by atoms with Gasteiger partial charge in [-0.05, 0) is 79.5 Å². The van der Waals surface area contributed by atoms with E-state index < -0.39 is 0 Å². The summed E-state index contributed by atoms with van der Waals surface area (Å²) in [7, 11) is 0. The van der Waals surface area contributed by atoms with Crippen LogP contribution in [0.2, 0.25) is 0 Å². The molecule has 0 saturated carbocycles. The third kappa shape index (κ3) is 2.64. The quantitative estimate of drug-likeness (QED) is 0.498. The van der Waals surface area contributed by atoms with Crippen LogP contribution >= 0.6 is 0 Å². The largest absolute Gasteiger partial charge is 0.0909 e. The van der Waals surface area contributed by atoms with E-state index in [1.165, 1.54) is 32.7 Å². The fourth-order valence-corrected chi connectivity index (χ4v) is 3.67. The second kappa shape index (κ2) is 6.31. The number of rotatable bonds is 1. The van der Waals surface area contributed by atoms with Gasteiger partial charge in [0, 0.05) is 0 Å². The molecule has 0 aliphatic heterocycles. The van der Waals surface area contributed by atoms with Crippen molar-refractivity contribution in [3.63, 3.8) is 0 Å². The molecule has 0 heteroatoms. The van der Waals surface area contributed by atoms with Crippen LogP contribution in [0.3, 0.4) is 0 Å². The molecule has 126 valence electrons. The van der Waals surface area contributed by atoms with Crippen LogP contribution < -0.4 is 20.9 Å². The average Bonchev–Trinajstić information content (AvgIpc) is 2.67. The first-order chi connectivity index (χ1) is 12.6. The van der Waals surface area contributed by atoms with Gasteiger partial charge in [0.1, 0.15) is 0 Å². The van der Waals surface area contributed by atoms with Crippen LogP contribution in [0.4, 0.5) is 0 Å². The Morgan fingerprint density at radius 1 is 0.615 bits per heavy atom. The van der Waals surface area contributed by atoms with Crippen molar-refractivity contribution in [1.82, 2.24) is 0 Å². The van der Waals surface area contributed by atoms with E-state index in [0.717, 1.165) is 20.9 Å². The minimum absolute atomic E-state index is 1.09. The highest BCUT2D eigenvalue weighted by Gasteiger charge is 2.00. The molecule has 0 N–H and O–H groups in total. The highest BCUT2D eigenvalue weighted by Crippen LogP contribution is 2.13. The molecule has 4 rings (SSSR count). The number of fused-ring (bicyclic) bond motifs is 2. The Bertz CT molecular complexity index is 1260.